The second kappa shape index (κ2) is 7.08. The molecule has 0 heterocycles. The van der Waals surface area contributed by atoms with E-state index in [1.165, 1.54) is 48.1 Å². The first-order valence-electron chi connectivity index (χ1n) is 8.72. The third-order valence-electron chi connectivity index (χ3n) is 4.90. The number of hydrogen-bond donors (Lipinski definition) is 1. The Labute approximate surface area is 138 Å². The maximum Gasteiger partial charge on any atom is 0.233 e. The molecule has 0 spiro atoms. The van der Waals surface area contributed by atoms with Gasteiger partial charge in [0.25, 0.3) is 0 Å². The number of aryl methyl sites for hydroxylation is 2. The predicted octanol–water partition coefficient (Wildman–Crippen LogP) is 4.35. The number of thioether (sulfide) groups is 1. The first-order chi connectivity index (χ1) is 10.6. The highest BCUT2D eigenvalue weighted by atomic mass is 32.2. The van der Waals surface area contributed by atoms with Crippen molar-refractivity contribution < 1.29 is 4.79 Å². The van der Waals surface area contributed by atoms with Crippen LogP contribution in [0.1, 0.15) is 57.1 Å². The molecule has 2 aliphatic rings. The summed E-state index contributed by atoms with van der Waals surface area (Å²) < 4.78 is 0. The number of amides is 1. The summed E-state index contributed by atoms with van der Waals surface area (Å²) in [5.74, 6) is 0.576. The van der Waals surface area contributed by atoms with Crippen LogP contribution >= 0.6 is 11.8 Å². The highest BCUT2D eigenvalue weighted by Gasteiger charge is 2.27. The smallest absolute Gasteiger partial charge is 0.233 e. The molecule has 1 atom stereocenters. The van der Waals surface area contributed by atoms with Crippen LogP contribution in [0.4, 0.5) is 0 Å². The van der Waals surface area contributed by atoms with Crippen LogP contribution in [0.15, 0.2) is 23.1 Å². The second-order valence-electron chi connectivity index (χ2n) is 7.06. The molecular formula is C19H27NOS. The molecule has 1 aromatic rings. The fourth-order valence-electron chi connectivity index (χ4n) is 3.61. The van der Waals surface area contributed by atoms with Gasteiger partial charge in [0.2, 0.25) is 5.91 Å². The largest absolute Gasteiger partial charge is 0.352 e. The molecule has 0 aromatic heterocycles. The minimum Gasteiger partial charge on any atom is -0.352 e. The van der Waals surface area contributed by atoms with E-state index in [1.54, 1.807) is 11.8 Å². The monoisotopic (exact) mass is 317 g/mol. The minimum absolute atomic E-state index is 0.0139. The lowest BCUT2D eigenvalue weighted by atomic mass is 10.1. The van der Waals surface area contributed by atoms with Crippen molar-refractivity contribution in [2.75, 3.05) is 0 Å². The maximum atomic E-state index is 12.6. The molecule has 1 fully saturated rings. The Morgan fingerprint density at radius 1 is 1.14 bits per heavy atom. The fourth-order valence-corrected chi connectivity index (χ4v) is 4.71. The van der Waals surface area contributed by atoms with E-state index in [2.05, 4.69) is 37.4 Å². The Balaban J connectivity index is 1.67. The van der Waals surface area contributed by atoms with Crippen molar-refractivity contribution in [2.24, 2.45) is 5.92 Å². The molecule has 0 saturated heterocycles. The molecule has 0 aliphatic heterocycles. The van der Waals surface area contributed by atoms with Crippen molar-refractivity contribution in [3.05, 3.63) is 29.3 Å². The van der Waals surface area contributed by atoms with Crippen LogP contribution in [0.3, 0.4) is 0 Å². The summed E-state index contributed by atoms with van der Waals surface area (Å²) in [7, 11) is 0. The third-order valence-corrected chi connectivity index (χ3v) is 6.44. The number of rotatable bonds is 5. The first-order valence-corrected chi connectivity index (χ1v) is 9.60. The highest BCUT2D eigenvalue weighted by Crippen LogP contribution is 2.32. The zero-order valence-corrected chi connectivity index (χ0v) is 14.5. The van der Waals surface area contributed by atoms with E-state index in [9.17, 15) is 4.79 Å². The summed E-state index contributed by atoms with van der Waals surface area (Å²) >= 11 is 1.74. The third kappa shape index (κ3) is 3.68. The molecule has 1 saturated carbocycles. The average Bonchev–Trinajstić information content (AvgIpc) is 3.14. The van der Waals surface area contributed by atoms with Gasteiger partial charge in [0.15, 0.2) is 0 Å². The molecule has 120 valence electrons. The van der Waals surface area contributed by atoms with Crippen molar-refractivity contribution in [1.29, 1.82) is 0 Å². The molecule has 3 heteroatoms. The molecule has 1 unspecified atom stereocenters. The summed E-state index contributed by atoms with van der Waals surface area (Å²) in [5, 5.41) is 3.29. The lowest BCUT2D eigenvalue weighted by molar-refractivity contribution is -0.121. The predicted molar refractivity (Wildman–Crippen MR) is 93.3 cm³/mol. The number of fused-ring (bicyclic) bond motifs is 1. The molecule has 0 bridgehead atoms. The quantitative estimate of drug-likeness (QED) is 0.818. The topological polar surface area (TPSA) is 29.1 Å². The van der Waals surface area contributed by atoms with Gasteiger partial charge in [-0.2, -0.15) is 0 Å². The zero-order chi connectivity index (χ0) is 15.5. The zero-order valence-electron chi connectivity index (χ0n) is 13.7. The van der Waals surface area contributed by atoms with Gasteiger partial charge >= 0.3 is 0 Å². The summed E-state index contributed by atoms with van der Waals surface area (Å²) in [4.78, 5) is 13.9. The van der Waals surface area contributed by atoms with Gasteiger partial charge in [0, 0.05) is 10.9 Å². The molecule has 22 heavy (non-hydrogen) atoms. The van der Waals surface area contributed by atoms with Gasteiger partial charge in [-0.15, -0.1) is 11.8 Å². The molecule has 2 nitrogen and oxygen atoms in total. The molecular weight excluding hydrogens is 290 g/mol. The Hall–Kier alpha value is -0.960. The number of nitrogens with one attached hydrogen (secondary N) is 1. The van der Waals surface area contributed by atoms with Gasteiger partial charge in [-0.1, -0.05) is 32.8 Å². The van der Waals surface area contributed by atoms with Crippen molar-refractivity contribution >= 4 is 17.7 Å². The van der Waals surface area contributed by atoms with Gasteiger partial charge in [-0.3, -0.25) is 4.79 Å². The van der Waals surface area contributed by atoms with Crippen molar-refractivity contribution in [1.82, 2.24) is 5.32 Å². The van der Waals surface area contributed by atoms with Gasteiger partial charge in [0.1, 0.15) is 0 Å². The normalized spacial score (nSPS) is 19.4. The number of carbonyl (C=O) groups is 1. The summed E-state index contributed by atoms with van der Waals surface area (Å²) in [6.45, 7) is 4.30. The van der Waals surface area contributed by atoms with E-state index >= 15 is 0 Å². The van der Waals surface area contributed by atoms with Crippen molar-refractivity contribution in [3.8, 4) is 0 Å². The van der Waals surface area contributed by atoms with Crippen molar-refractivity contribution in [2.45, 2.75) is 75.0 Å². The number of benzene rings is 1. The van der Waals surface area contributed by atoms with Gasteiger partial charge in [-0.05, 0) is 61.3 Å². The number of carbonyl (C=O) groups excluding carboxylic acids is 1. The van der Waals surface area contributed by atoms with Crippen LogP contribution in [0.25, 0.3) is 0 Å². The van der Waals surface area contributed by atoms with Crippen LogP contribution in [-0.4, -0.2) is 17.2 Å². The lowest BCUT2D eigenvalue weighted by Gasteiger charge is -2.22. The van der Waals surface area contributed by atoms with Crippen molar-refractivity contribution in [3.63, 3.8) is 0 Å². The van der Waals surface area contributed by atoms with E-state index in [4.69, 9.17) is 0 Å². The highest BCUT2D eigenvalue weighted by molar-refractivity contribution is 8.00. The van der Waals surface area contributed by atoms with E-state index in [1.807, 2.05) is 0 Å². The van der Waals surface area contributed by atoms with Crippen LogP contribution < -0.4 is 5.32 Å². The molecule has 0 radical (unpaired) electrons. The van der Waals surface area contributed by atoms with Gasteiger partial charge in [-0.25, -0.2) is 0 Å². The standard InChI is InChI=1S/C19H27NOS/c1-13(2)18(19(21)20-16-8-3-4-9-16)22-17-11-10-14-6-5-7-15(14)12-17/h10-13,16,18H,3-9H2,1-2H3,(H,20,21). The summed E-state index contributed by atoms with van der Waals surface area (Å²) in [6, 6.07) is 7.18. The molecule has 1 amide bonds. The average molecular weight is 317 g/mol. The van der Waals surface area contributed by atoms with Crippen LogP contribution in [-0.2, 0) is 17.6 Å². The lowest BCUT2D eigenvalue weighted by Crippen LogP contribution is -2.40. The van der Waals surface area contributed by atoms with E-state index in [-0.39, 0.29) is 11.2 Å². The molecule has 3 rings (SSSR count). The Bertz CT molecular complexity index is 534. The van der Waals surface area contributed by atoms with Crippen LogP contribution in [0.2, 0.25) is 0 Å². The number of hydrogen-bond acceptors (Lipinski definition) is 2. The van der Waals surface area contributed by atoms with Crippen LogP contribution in [0, 0.1) is 5.92 Å². The summed E-state index contributed by atoms with van der Waals surface area (Å²) in [5.41, 5.74) is 2.99. The van der Waals surface area contributed by atoms with E-state index < -0.39 is 0 Å². The van der Waals surface area contributed by atoms with Gasteiger partial charge < -0.3 is 5.32 Å². The van der Waals surface area contributed by atoms with E-state index in [0.717, 1.165) is 12.8 Å². The maximum absolute atomic E-state index is 12.6. The Morgan fingerprint density at radius 2 is 1.86 bits per heavy atom. The second-order valence-corrected chi connectivity index (χ2v) is 8.27. The fraction of sp³-hybridized carbons (Fsp3) is 0.632. The Kier molecular flexibility index (Phi) is 5.12. The van der Waals surface area contributed by atoms with Gasteiger partial charge in [0.05, 0.1) is 5.25 Å². The Morgan fingerprint density at radius 3 is 2.59 bits per heavy atom. The summed E-state index contributed by atoms with van der Waals surface area (Å²) in [6.07, 6.45) is 8.52. The molecule has 2 aliphatic carbocycles. The first kappa shape index (κ1) is 15.9. The molecule has 1 aromatic carbocycles. The van der Waals surface area contributed by atoms with E-state index in [0.29, 0.717) is 12.0 Å². The van der Waals surface area contributed by atoms with Crippen LogP contribution in [0.5, 0.6) is 0 Å². The minimum atomic E-state index is 0.0139. The molecule has 1 N–H and O–H groups in total. The SMILES string of the molecule is CC(C)C(Sc1ccc2c(c1)CCC2)C(=O)NC1CCCC1.